The maximum atomic E-state index is 10.6. The van der Waals surface area contributed by atoms with Gasteiger partial charge < -0.3 is 23.8 Å². The van der Waals surface area contributed by atoms with E-state index in [1.54, 1.807) is 14.2 Å². The van der Waals surface area contributed by atoms with E-state index in [1.807, 2.05) is 48.5 Å². The molecule has 0 saturated heterocycles. The van der Waals surface area contributed by atoms with Crippen LogP contribution >= 0.6 is 0 Å². The van der Waals surface area contributed by atoms with Crippen LogP contribution in [0.5, 0.6) is 11.5 Å². The van der Waals surface area contributed by atoms with Crippen molar-refractivity contribution in [3.8, 4) is 34.1 Å². The molecule has 0 aliphatic carbocycles. The Morgan fingerprint density at radius 3 is 2.07 bits per heavy atom. The number of aliphatic hydroxyl groups is 1. The molecule has 1 aromatic heterocycles. The quantitative estimate of drug-likeness (QED) is 0.605. The van der Waals surface area contributed by atoms with Crippen LogP contribution < -0.4 is 9.47 Å². The highest BCUT2D eigenvalue weighted by Gasteiger charge is 2.21. The van der Waals surface area contributed by atoms with Gasteiger partial charge >= 0.3 is 0 Å². The zero-order valence-electron chi connectivity index (χ0n) is 15.2. The lowest BCUT2D eigenvalue weighted by molar-refractivity contribution is -0.108. The molecule has 27 heavy (non-hydrogen) atoms. The monoisotopic (exact) mass is 367 g/mol. The van der Waals surface area contributed by atoms with Crippen LogP contribution in [0, 0.1) is 0 Å². The van der Waals surface area contributed by atoms with Gasteiger partial charge in [0.25, 0.3) is 0 Å². The minimum atomic E-state index is -0.945. The van der Waals surface area contributed by atoms with Crippen molar-refractivity contribution in [3.63, 3.8) is 0 Å². The van der Waals surface area contributed by atoms with Crippen LogP contribution in [-0.4, -0.2) is 30.6 Å². The second-order valence-corrected chi connectivity index (χ2v) is 5.95. The summed E-state index contributed by atoms with van der Waals surface area (Å²) in [5, 5.41) is 10.3. The van der Waals surface area contributed by atoms with Crippen LogP contribution in [0.1, 0.15) is 24.8 Å². The van der Waals surface area contributed by atoms with E-state index in [9.17, 15) is 9.90 Å². The van der Waals surface area contributed by atoms with Crippen LogP contribution in [0.15, 0.2) is 52.9 Å². The molecule has 2 aromatic carbocycles. The lowest BCUT2D eigenvalue weighted by Gasteiger charge is -2.04. The highest BCUT2D eigenvalue weighted by molar-refractivity contribution is 5.77. The highest BCUT2D eigenvalue weighted by Crippen LogP contribution is 2.36. The van der Waals surface area contributed by atoms with Crippen LogP contribution in [0.2, 0.25) is 0 Å². The molecule has 6 heteroatoms. The standard InChI is InChI=1S/C21H21NO5/c1-25-16-9-5-14(6-10-16)19-20(15-7-11-17(26-2)12-8-15)27-21(22-19)18(24)4-3-13-23/h5-13,18,24H,3-4H2,1-2H3. The van der Waals surface area contributed by atoms with Gasteiger partial charge in [-0.2, -0.15) is 0 Å². The Kier molecular flexibility index (Phi) is 5.88. The minimum absolute atomic E-state index is 0.188. The van der Waals surface area contributed by atoms with E-state index in [0.717, 1.165) is 28.9 Å². The normalized spacial score (nSPS) is 11.8. The maximum absolute atomic E-state index is 10.6. The molecule has 1 N–H and O–H groups in total. The molecule has 0 aliphatic heterocycles. The summed E-state index contributed by atoms with van der Waals surface area (Å²) in [7, 11) is 3.21. The third-order valence-electron chi connectivity index (χ3n) is 4.20. The van der Waals surface area contributed by atoms with Gasteiger partial charge in [0.05, 0.1) is 14.2 Å². The molecule has 0 saturated carbocycles. The van der Waals surface area contributed by atoms with Crippen molar-refractivity contribution < 1.29 is 23.8 Å². The molecule has 0 fully saturated rings. The number of hydrogen-bond donors (Lipinski definition) is 1. The van der Waals surface area contributed by atoms with Gasteiger partial charge in [-0.05, 0) is 55.0 Å². The van der Waals surface area contributed by atoms with Crippen molar-refractivity contribution in [2.24, 2.45) is 0 Å². The van der Waals surface area contributed by atoms with E-state index in [4.69, 9.17) is 13.9 Å². The molecule has 0 amide bonds. The first-order valence-corrected chi connectivity index (χ1v) is 8.57. The zero-order chi connectivity index (χ0) is 19.2. The third-order valence-corrected chi connectivity index (χ3v) is 4.20. The largest absolute Gasteiger partial charge is 0.497 e. The lowest BCUT2D eigenvalue weighted by atomic mass is 10.1. The first kappa shape index (κ1) is 18.7. The molecular weight excluding hydrogens is 346 g/mol. The Balaban J connectivity index is 2.04. The first-order chi connectivity index (χ1) is 13.2. The first-order valence-electron chi connectivity index (χ1n) is 8.57. The Labute approximate surface area is 157 Å². The summed E-state index contributed by atoms with van der Waals surface area (Å²) in [6, 6.07) is 14.8. The third kappa shape index (κ3) is 4.17. The number of rotatable bonds is 8. The lowest BCUT2D eigenvalue weighted by Crippen LogP contribution is -1.98. The smallest absolute Gasteiger partial charge is 0.224 e. The predicted octanol–water partition coefficient (Wildman–Crippen LogP) is 4.04. The fourth-order valence-electron chi connectivity index (χ4n) is 2.71. The summed E-state index contributed by atoms with van der Waals surface area (Å²) in [6.07, 6.45) is 0.313. The minimum Gasteiger partial charge on any atom is -0.497 e. The Bertz CT molecular complexity index is 819. The summed E-state index contributed by atoms with van der Waals surface area (Å²) >= 11 is 0. The zero-order valence-corrected chi connectivity index (χ0v) is 15.2. The van der Waals surface area contributed by atoms with Crippen molar-refractivity contribution in [2.45, 2.75) is 18.9 Å². The molecule has 0 aliphatic rings. The van der Waals surface area contributed by atoms with E-state index >= 15 is 0 Å². The van der Waals surface area contributed by atoms with Crippen LogP contribution in [-0.2, 0) is 4.79 Å². The molecule has 3 rings (SSSR count). The average Bonchev–Trinajstić information content (AvgIpc) is 3.17. The van der Waals surface area contributed by atoms with Gasteiger partial charge in [0, 0.05) is 17.5 Å². The number of nitrogens with zero attached hydrogens (tertiary/aromatic N) is 1. The molecule has 1 heterocycles. The number of carbonyl (C=O) groups is 1. The number of aromatic nitrogens is 1. The number of aliphatic hydroxyl groups excluding tert-OH is 1. The Hall–Kier alpha value is -3.12. The van der Waals surface area contributed by atoms with Crippen molar-refractivity contribution >= 4 is 6.29 Å². The van der Waals surface area contributed by atoms with Gasteiger partial charge in [0.15, 0.2) is 5.76 Å². The molecule has 3 aromatic rings. The number of benzene rings is 2. The van der Waals surface area contributed by atoms with E-state index in [-0.39, 0.29) is 18.7 Å². The summed E-state index contributed by atoms with van der Waals surface area (Å²) in [5.41, 5.74) is 2.25. The van der Waals surface area contributed by atoms with Gasteiger partial charge in [0.1, 0.15) is 29.6 Å². The predicted molar refractivity (Wildman–Crippen MR) is 101 cm³/mol. The van der Waals surface area contributed by atoms with E-state index < -0.39 is 6.10 Å². The van der Waals surface area contributed by atoms with Crippen molar-refractivity contribution in [1.82, 2.24) is 4.98 Å². The van der Waals surface area contributed by atoms with Gasteiger partial charge in [-0.15, -0.1) is 0 Å². The summed E-state index contributed by atoms with van der Waals surface area (Å²) in [6.45, 7) is 0. The average molecular weight is 367 g/mol. The molecule has 0 bridgehead atoms. The number of aldehydes is 1. The fourth-order valence-corrected chi connectivity index (χ4v) is 2.71. The molecule has 140 valence electrons. The summed E-state index contributed by atoms with van der Waals surface area (Å²) < 4.78 is 16.3. The molecule has 0 radical (unpaired) electrons. The van der Waals surface area contributed by atoms with Crippen molar-refractivity contribution in [2.75, 3.05) is 14.2 Å². The number of oxazole rings is 1. The molecule has 6 nitrogen and oxygen atoms in total. The van der Waals surface area contributed by atoms with Gasteiger partial charge in [-0.1, -0.05) is 0 Å². The van der Waals surface area contributed by atoms with Crippen molar-refractivity contribution in [1.29, 1.82) is 0 Å². The number of hydrogen-bond acceptors (Lipinski definition) is 6. The molecular formula is C21H21NO5. The van der Waals surface area contributed by atoms with Crippen LogP contribution in [0.3, 0.4) is 0 Å². The number of carbonyl (C=O) groups excluding carboxylic acids is 1. The van der Waals surface area contributed by atoms with E-state index in [1.165, 1.54) is 0 Å². The van der Waals surface area contributed by atoms with Crippen LogP contribution in [0.25, 0.3) is 22.6 Å². The summed E-state index contributed by atoms with van der Waals surface area (Å²) in [5.74, 6) is 2.20. The SMILES string of the molecule is COc1ccc(-c2nc(C(O)CCC=O)oc2-c2ccc(OC)cc2)cc1. The number of methoxy groups -OCH3 is 2. The summed E-state index contributed by atoms with van der Waals surface area (Å²) in [4.78, 5) is 15.1. The van der Waals surface area contributed by atoms with Gasteiger partial charge in [-0.3, -0.25) is 0 Å². The van der Waals surface area contributed by atoms with Crippen LogP contribution in [0.4, 0.5) is 0 Å². The maximum Gasteiger partial charge on any atom is 0.224 e. The molecule has 1 unspecified atom stereocenters. The number of ether oxygens (including phenoxy) is 2. The van der Waals surface area contributed by atoms with E-state index in [2.05, 4.69) is 4.98 Å². The van der Waals surface area contributed by atoms with Gasteiger partial charge in [-0.25, -0.2) is 4.98 Å². The Morgan fingerprint density at radius 1 is 1.00 bits per heavy atom. The van der Waals surface area contributed by atoms with Crippen molar-refractivity contribution in [3.05, 3.63) is 54.4 Å². The second-order valence-electron chi connectivity index (χ2n) is 5.95. The van der Waals surface area contributed by atoms with E-state index in [0.29, 0.717) is 11.5 Å². The Morgan fingerprint density at radius 2 is 1.56 bits per heavy atom. The molecule has 1 atom stereocenters. The fraction of sp³-hybridized carbons (Fsp3) is 0.238. The van der Waals surface area contributed by atoms with Gasteiger partial charge in [0.2, 0.25) is 5.89 Å². The topological polar surface area (TPSA) is 81.8 Å². The highest BCUT2D eigenvalue weighted by atomic mass is 16.5. The molecule has 0 spiro atoms. The second kappa shape index (κ2) is 8.51.